The number of hydrogen-bond donors (Lipinski definition) is 0. The maximum atomic E-state index is 3.36. The van der Waals surface area contributed by atoms with E-state index in [1.165, 1.54) is 225 Å². The molecule has 3 unspecified atom stereocenters. The molecule has 2 N–H and O–H groups in total. The molecule has 0 fully saturated rings. The minimum Gasteiger partial charge on any atom is -0.412 e. The Morgan fingerprint density at radius 3 is 0.507 bits per heavy atom. The summed E-state index contributed by atoms with van der Waals surface area (Å²) in [5, 5.41) is 0. The Bertz CT molecular complexity index is 499. The van der Waals surface area contributed by atoms with Crippen molar-refractivity contribution in [3.05, 3.63) is 12.7 Å². The Morgan fingerprint density at radius 2 is 0.433 bits per heavy atom. The number of rotatable bonds is 29. The van der Waals surface area contributed by atoms with Crippen LogP contribution < -0.4 is 0 Å². The topological polar surface area (TPSA) is 31.5 Å². The van der Waals surface area contributed by atoms with Crippen molar-refractivity contribution in [2.75, 3.05) is 0 Å². The van der Waals surface area contributed by atoms with Crippen LogP contribution >= 0.6 is 0 Å². The third-order valence-corrected chi connectivity index (χ3v) is 10.4. The Balaban J connectivity index is -0.0000000454. The zero-order valence-corrected chi connectivity index (χ0v) is 53.8. The summed E-state index contributed by atoms with van der Waals surface area (Å²) in [5.74, 6) is 3.81. The van der Waals surface area contributed by atoms with Crippen molar-refractivity contribution in [1.29, 1.82) is 0 Å². The first-order valence-electron chi connectivity index (χ1n) is 31.2. The standard InChI is InChI=1S/3C10H22.C6H14.4C5H12.C4H10.C3H8.C3H6.H2O.H2/c3*1-4-6-7-9-10(3)8-5-2;1-4-5-6(2)3;4*1-3-5-4-2;1-3-4-2;2*1-3-2;;/h3*10H,4-9H2,1-3H3;6H,4-5H2,1-3H3;4*3-5H2,1-2H3;3-4H2,1-2H3;3H2,1-2H3;3H,1H2,2H3;1H2;1H. The van der Waals surface area contributed by atoms with Crippen molar-refractivity contribution in [3.63, 3.8) is 0 Å². The van der Waals surface area contributed by atoms with Gasteiger partial charge < -0.3 is 5.48 Å². The van der Waals surface area contributed by atoms with Crippen LogP contribution in [0.4, 0.5) is 0 Å². The number of allylic oxidation sites excluding steroid dienone is 1. The fourth-order valence-electron chi connectivity index (χ4n) is 6.13. The summed E-state index contributed by atoms with van der Waals surface area (Å²) in [5.41, 5.74) is 0. The molecule has 3 atom stereocenters. The molecule has 1 heteroatoms. The molecule has 1 nitrogen and oxygen atoms in total. The number of hydrogen-bond acceptors (Lipinski definition) is 0. The zero-order valence-electron chi connectivity index (χ0n) is 53.8. The molecule has 0 aliphatic carbocycles. The Kier molecular flexibility index (Phi) is 174. The summed E-state index contributed by atoms with van der Waals surface area (Å²) in [7, 11) is 0. The molecule has 0 bridgehead atoms. The van der Waals surface area contributed by atoms with E-state index in [1.54, 1.807) is 6.08 Å². The highest BCUT2D eigenvalue weighted by Gasteiger charge is 2.00. The maximum Gasteiger partial charge on any atom is 0 e. The first-order chi connectivity index (χ1) is 31.6. The van der Waals surface area contributed by atoms with Gasteiger partial charge in [0.1, 0.15) is 0 Å². The molecule has 0 aromatic carbocycles. The van der Waals surface area contributed by atoms with E-state index < -0.39 is 0 Å². The van der Waals surface area contributed by atoms with Crippen LogP contribution in [0, 0.1) is 23.7 Å². The quantitative estimate of drug-likeness (QED) is 0.0528. The van der Waals surface area contributed by atoms with E-state index in [4.69, 9.17) is 0 Å². The molecule has 0 saturated heterocycles. The summed E-state index contributed by atoms with van der Waals surface area (Å²) < 4.78 is 0. The van der Waals surface area contributed by atoms with Crippen LogP contribution in [0.2, 0.25) is 0 Å². The summed E-state index contributed by atoms with van der Waals surface area (Å²) in [6.45, 7) is 59.0. The second kappa shape index (κ2) is 121. The highest BCUT2D eigenvalue weighted by Crippen LogP contribution is 2.15. The second-order valence-corrected chi connectivity index (χ2v) is 19.9. The van der Waals surface area contributed by atoms with Gasteiger partial charge in [0.2, 0.25) is 0 Å². The molecule has 0 aliphatic rings. The number of unbranched alkanes of at least 4 members (excludes halogenated alkanes) is 15. The SMILES string of the molecule is C=CC.CCC.CCCC.CCCC(C)C.CCCCC.CCCCC.CCCCC.CCCCC.CCCCCC(C)CCC.CCCCCC(C)CCC.CCCCCC(C)CCC.O.[HH]. The van der Waals surface area contributed by atoms with Crippen molar-refractivity contribution < 1.29 is 6.90 Å². The minimum absolute atomic E-state index is 0. The Morgan fingerprint density at radius 1 is 0.269 bits per heavy atom. The van der Waals surface area contributed by atoms with E-state index in [0.717, 1.165) is 23.7 Å². The van der Waals surface area contributed by atoms with Gasteiger partial charge in [-0.25, -0.2) is 0 Å². The predicted octanol–water partition coefficient (Wildman–Crippen LogP) is 27.1. The van der Waals surface area contributed by atoms with Gasteiger partial charge in [0.25, 0.3) is 0 Å². The van der Waals surface area contributed by atoms with Gasteiger partial charge in [-0.15, -0.1) is 6.58 Å². The molecule has 0 spiro atoms. The fraction of sp³-hybridized carbons (Fsp3) is 0.970. The smallest absolute Gasteiger partial charge is 0 e. The van der Waals surface area contributed by atoms with Crippen molar-refractivity contribution in [3.8, 4) is 0 Å². The first kappa shape index (κ1) is 96.2. The summed E-state index contributed by atoms with van der Waals surface area (Å²) in [4.78, 5) is 0. The summed E-state index contributed by atoms with van der Waals surface area (Å²) >= 11 is 0. The third kappa shape index (κ3) is 209. The van der Waals surface area contributed by atoms with E-state index in [-0.39, 0.29) is 6.90 Å². The maximum absolute atomic E-state index is 3.36. The van der Waals surface area contributed by atoms with Crippen molar-refractivity contribution in [1.82, 2.24) is 0 Å². The molecule has 0 radical (unpaired) electrons. The van der Waals surface area contributed by atoms with Crippen LogP contribution in [0.3, 0.4) is 0 Å². The molecule has 0 rings (SSSR count). The molecule has 0 aromatic rings. The van der Waals surface area contributed by atoms with Gasteiger partial charge in [-0.2, -0.15) is 0 Å². The minimum atomic E-state index is 0. The summed E-state index contributed by atoms with van der Waals surface area (Å²) in [6.07, 6.45) is 50.0. The van der Waals surface area contributed by atoms with Gasteiger partial charge in [-0.3, -0.25) is 0 Å². The lowest BCUT2D eigenvalue weighted by Gasteiger charge is -2.07. The fourth-order valence-corrected chi connectivity index (χ4v) is 6.13. The van der Waals surface area contributed by atoms with Gasteiger partial charge in [0.05, 0.1) is 0 Å². The van der Waals surface area contributed by atoms with E-state index in [1.807, 2.05) is 6.92 Å². The Labute approximate surface area is 439 Å². The highest BCUT2D eigenvalue weighted by molar-refractivity contribution is 4.54. The van der Waals surface area contributed by atoms with E-state index in [0.29, 0.717) is 0 Å². The lowest BCUT2D eigenvalue weighted by molar-refractivity contribution is 0.459. The van der Waals surface area contributed by atoms with Crippen molar-refractivity contribution >= 4 is 0 Å². The molecule has 0 saturated carbocycles. The van der Waals surface area contributed by atoms with Gasteiger partial charge in [0, 0.05) is 1.43 Å². The van der Waals surface area contributed by atoms with Crippen LogP contribution in [-0.2, 0) is 0 Å². The molecular formula is C66H156O. The summed E-state index contributed by atoms with van der Waals surface area (Å²) in [6, 6.07) is 0. The van der Waals surface area contributed by atoms with Gasteiger partial charge in [0.15, 0.2) is 0 Å². The molecular weight excluding hydrogens is 809 g/mol. The predicted molar refractivity (Wildman–Crippen MR) is 333 cm³/mol. The lowest BCUT2D eigenvalue weighted by atomic mass is 9.99. The van der Waals surface area contributed by atoms with Crippen molar-refractivity contribution in [2.45, 2.75) is 398 Å². The van der Waals surface area contributed by atoms with E-state index >= 15 is 0 Å². The molecule has 67 heavy (non-hydrogen) atoms. The van der Waals surface area contributed by atoms with E-state index in [9.17, 15) is 0 Å². The zero-order chi connectivity index (χ0) is 53.8. The molecule has 426 valence electrons. The van der Waals surface area contributed by atoms with Crippen LogP contribution in [-0.4, -0.2) is 5.48 Å². The molecule has 0 amide bonds. The van der Waals surface area contributed by atoms with Crippen LogP contribution in [0.5, 0.6) is 0 Å². The lowest BCUT2D eigenvalue weighted by Crippen LogP contribution is -1.92. The van der Waals surface area contributed by atoms with Gasteiger partial charge in [-0.05, 0) is 30.6 Å². The molecule has 0 heterocycles. The van der Waals surface area contributed by atoms with Crippen LogP contribution in [0.25, 0.3) is 0 Å². The average molecular weight is 966 g/mol. The highest BCUT2D eigenvalue weighted by atomic mass is 16.0. The first-order valence-corrected chi connectivity index (χ1v) is 31.2. The normalized spacial score (nSPS) is 10.4. The Hall–Kier alpha value is -0.300. The van der Waals surface area contributed by atoms with Gasteiger partial charge in [-0.1, -0.05) is 397 Å². The van der Waals surface area contributed by atoms with Crippen molar-refractivity contribution in [2.24, 2.45) is 23.7 Å². The van der Waals surface area contributed by atoms with Crippen LogP contribution in [0.15, 0.2) is 12.7 Å². The second-order valence-electron chi connectivity index (χ2n) is 19.9. The third-order valence-electron chi connectivity index (χ3n) is 10.4. The average Bonchev–Trinajstić information content (AvgIpc) is 3.28. The van der Waals surface area contributed by atoms with E-state index in [2.05, 4.69) is 173 Å². The van der Waals surface area contributed by atoms with Crippen LogP contribution in [0.1, 0.15) is 399 Å². The molecule has 0 aliphatic heterocycles. The monoisotopic (exact) mass is 965 g/mol. The largest absolute Gasteiger partial charge is 0.412 e. The molecule has 0 aromatic heterocycles. The van der Waals surface area contributed by atoms with Gasteiger partial charge >= 0.3 is 0 Å².